The van der Waals surface area contributed by atoms with Gasteiger partial charge < -0.3 is 10.6 Å². The van der Waals surface area contributed by atoms with Gasteiger partial charge in [-0.25, -0.2) is 4.79 Å². The summed E-state index contributed by atoms with van der Waals surface area (Å²) >= 11 is 6.19. The zero-order valence-electron chi connectivity index (χ0n) is 15.7. The third kappa shape index (κ3) is 4.35. The number of aryl methyl sites for hydroxylation is 1. The molecule has 4 nitrogen and oxygen atoms in total. The Morgan fingerprint density at radius 2 is 1.75 bits per heavy atom. The molecule has 1 heterocycles. The number of anilines is 2. The van der Waals surface area contributed by atoms with E-state index in [0.717, 1.165) is 30.9 Å². The quantitative estimate of drug-likeness (QED) is 0.589. The van der Waals surface area contributed by atoms with Crippen LogP contribution >= 0.6 is 11.6 Å². The lowest BCUT2D eigenvalue weighted by Gasteiger charge is -2.14. The molecule has 2 amide bonds. The first-order valence-corrected chi connectivity index (χ1v) is 9.67. The Bertz CT molecular complexity index is 1000. The summed E-state index contributed by atoms with van der Waals surface area (Å²) in [6.07, 6.45) is 0. The Balaban J connectivity index is 1.39. The number of fused-ring (bicyclic) bond motifs is 1. The SMILES string of the molecule is Cc1ccc(NC(=O)Nc2ccc3c(c2)CN(Cc2ccccc2)C3)c(Cl)c1. The number of halogens is 1. The number of urea groups is 1. The minimum Gasteiger partial charge on any atom is -0.308 e. The highest BCUT2D eigenvalue weighted by Crippen LogP contribution is 2.27. The van der Waals surface area contributed by atoms with Gasteiger partial charge in [0.15, 0.2) is 0 Å². The second-order valence-electron chi connectivity index (χ2n) is 7.18. The van der Waals surface area contributed by atoms with Crippen LogP contribution in [0.2, 0.25) is 5.02 Å². The van der Waals surface area contributed by atoms with E-state index in [0.29, 0.717) is 10.7 Å². The normalized spacial score (nSPS) is 13.2. The van der Waals surface area contributed by atoms with Crippen LogP contribution in [0, 0.1) is 6.92 Å². The molecule has 0 radical (unpaired) electrons. The van der Waals surface area contributed by atoms with E-state index in [4.69, 9.17) is 11.6 Å². The van der Waals surface area contributed by atoms with E-state index in [-0.39, 0.29) is 6.03 Å². The molecule has 28 heavy (non-hydrogen) atoms. The van der Waals surface area contributed by atoms with Gasteiger partial charge in [-0.05, 0) is 53.4 Å². The Hall–Kier alpha value is -2.82. The van der Waals surface area contributed by atoms with Gasteiger partial charge in [-0.2, -0.15) is 0 Å². The monoisotopic (exact) mass is 391 g/mol. The van der Waals surface area contributed by atoms with Crippen LogP contribution in [0.1, 0.15) is 22.3 Å². The van der Waals surface area contributed by atoms with Crippen LogP contribution < -0.4 is 10.6 Å². The van der Waals surface area contributed by atoms with E-state index in [1.54, 1.807) is 6.07 Å². The topological polar surface area (TPSA) is 44.4 Å². The molecule has 0 bridgehead atoms. The van der Waals surface area contributed by atoms with Crippen molar-refractivity contribution in [1.82, 2.24) is 4.90 Å². The maximum atomic E-state index is 12.3. The van der Waals surface area contributed by atoms with Crippen LogP contribution in [0.4, 0.5) is 16.2 Å². The van der Waals surface area contributed by atoms with E-state index in [1.807, 2.05) is 31.2 Å². The van der Waals surface area contributed by atoms with Crippen LogP contribution in [0.15, 0.2) is 66.7 Å². The van der Waals surface area contributed by atoms with Crippen molar-refractivity contribution in [2.75, 3.05) is 10.6 Å². The molecule has 0 fully saturated rings. The molecule has 0 saturated carbocycles. The summed E-state index contributed by atoms with van der Waals surface area (Å²) < 4.78 is 0. The van der Waals surface area contributed by atoms with Crippen LogP contribution in [0.25, 0.3) is 0 Å². The van der Waals surface area contributed by atoms with E-state index < -0.39 is 0 Å². The van der Waals surface area contributed by atoms with Crippen molar-refractivity contribution in [3.63, 3.8) is 0 Å². The van der Waals surface area contributed by atoms with Crippen LogP contribution in [-0.2, 0) is 19.6 Å². The number of rotatable bonds is 4. The predicted octanol–water partition coefficient (Wildman–Crippen LogP) is 5.81. The molecule has 5 heteroatoms. The highest BCUT2D eigenvalue weighted by molar-refractivity contribution is 6.33. The second kappa shape index (κ2) is 8.05. The fraction of sp³-hybridized carbons (Fsp3) is 0.174. The Kier molecular flexibility index (Phi) is 5.33. The molecule has 1 aliphatic rings. The van der Waals surface area contributed by atoms with E-state index in [2.05, 4.69) is 51.9 Å². The van der Waals surface area contributed by atoms with Crippen molar-refractivity contribution in [3.05, 3.63) is 94.0 Å². The first kappa shape index (κ1) is 18.5. The minimum absolute atomic E-state index is 0.301. The average Bonchev–Trinajstić information content (AvgIpc) is 3.06. The number of hydrogen-bond donors (Lipinski definition) is 2. The van der Waals surface area contributed by atoms with Gasteiger partial charge in [-0.3, -0.25) is 4.90 Å². The molecule has 0 saturated heterocycles. The lowest BCUT2D eigenvalue weighted by Crippen LogP contribution is -2.19. The predicted molar refractivity (Wildman–Crippen MR) is 115 cm³/mol. The number of carbonyl (C=O) groups is 1. The van der Waals surface area contributed by atoms with Crippen LogP contribution in [0.5, 0.6) is 0 Å². The lowest BCUT2D eigenvalue weighted by atomic mass is 10.1. The molecule has 3 aromatic rings. The third-order valence-corrected chi connectivity index (χ3v) is 5.19. The van der Waals surface area contributed by atoms with Crippen molar-refractivity contribution in [3.8, 4) is 0 Å². The number of nitrogens with zero attached hydrogens (tertiary/aromatic N) is 1. The molecular formula is C23H22ClN3O. The van der Waals surface area contributed by atoms with Gasteiger partial charge in [-0.15, -0.1) is 0 Å². The Labute approximate surface area is 170 Å². The van der Waals surface area contributed by atoms with Gasteiger partial charge in [0.2, 0.25) is 0 Å². The molecule has 3 aromatic carbocycles. The molecule has 142 valence electrons. The largest absolute Gasteiger partial charge is 0.323 e. The Morgan fingerprint density at radius 1 is 0.964 bits per heavy atom. The third-order valence-electron chi connectivity index (χ3n) is 4.87. The van der Waals surface area contributed by atoms with Crippen LogP contribution in [0.3, 0.4) is 0 Å². The van der Waals surface area contributed by atoms with Gasteiger partial charge in [0.25, 0.3) is 0 Å². The first-order chi connectivity index (χ1) is 13.6. The number of amides is 2. The smallest absolute Gasteiger partial charge is 0.308 e. The summed E-state index contributed by atoms with van der Waals surface area (Å²) in [5.74, 6) is 0. The molecule has 2 N–H and O–H groups in total. The fourth-order valence-electron chi connectivity index (χ4n) is 3.50. The van der Waals surface area contributed by atoms with Crippen LogP contribution in [-0.4, -0.2) is 10.9 Å². The zero-order valence-corrected chi connectivity index (χ0v) is 16.5. The summed E-state index contributed by atoms with van der Waals surface area (Å²) in [6.45, 7) is 4.69. The molecule has 0 aliphatic carbocycles. The fourth-order valence-corrected chi connectivity index (χ4v) is 3.78. The minimum atomic E-state index is -0.301. The number of hydrogen-bond acceptors (Lipinski definition) is 2. The van der Waals surface area contributed by atoms with E-state index >= 15 is 0 Å². The van der Waals surface area contributed by atoms with Gasteiger partial charge >= 0.3 is 6.03 Å². The maximum absolute atomic E-state index is 12.3. The standard InChI is InChI=1S/C23H22ClN3O/c1-16-7-10-22(21(24)11-16)26-23(28)25-20-9-8-18-14-27(15-19(18)12-20)13-17-5-3-2-4-6-17/h2-12H,13-15H2,1H3,(H2,25,26,28). The summed E-state index contributed by atoms with van der Waals surface area (Å²) in [4.78, 5) is 14.7. The summed E-state index contributed by atoms with van der Waals surface area (Å²) in [6, 6.07) is 21.8. The molecule has 1 aliphatic heterocycles. The molecular weight excluding hydrogens is 370 g/mol. The van der Waals surface area contributed by atoms with E-state index in [9.17, 15) is 4.79 Å². The first-order valence-electron chi connectivity index (χ1n) is 9.29. The molecule has 0 spiro atoms. The van der Waals surface area contributed by atoms with Crippen molar-refractivity contribution in [1.29, 1.82) is 0 Å². The number of carbonyl (C=O) groups excluding carboxylic acids is 1. The maximum Gasteiger partial charge on any atom is 0.323 e. The van der Waals surface area contributed by atoms with E-state index in [1.165, 1.54) is 16.7 Å². The van der Waals surface area contributed by atoms with Crippen molar-refractivity contribution < 1.29 is 4.79 Å². The average molecular weight is 392 g/mol. The molecule has 0 aromatic heterocycles. The van der Waals surface area contributed by atoms with Gasteiger partial charge in [0.1, 0.15) is 0 Å². The van der Waals surface area contributed by atoms with Gasteiger partial charge in [0, 0.05) is 25.3 Å². The lowest BCUT2D eigenvalue weighted by molar-refractivity contribution is 0.262. The van der Waals surface area contributed by atoms with Crippen molar-refractivity contribution >= 4 is 29.0 Å². The zero-order chi connectivity index (χ0) is 19.5. The summed E-state index contributed by atoms with van der Waals surface area (Å²) in [7, 11) is 0. The van der Waals surface area contributed by atoms with Crippen molar-refractivity contribution in [2.24, 2.45) is 0 Å². The number of benzene rings is 3. The molecule has 4 rings (SSSR count). The van der Waals surface area contributed by atoms with Crippen molar-refractivity contribution in [2.45, 2.75) is 26.6 Å². The Morgan fingerprint density at radius 3 is 2.54 bits per heavy atom. The highest BCUT2D eigenvalue weighted by Gasteiger charge is 2.19. The molecule has 0 unspecified atom stereocenters. The number of nitrogens with one attached hydrogen (secondary N) is 2. The van der Waals surface area contributed by atoms with Gasteiger partial charge in [-0.1, -0.05) is 54.1 Å². The summed E-state index contributed by atoms with van der Waals surface area (Å²) in [5.41, 5.74) is 6.30. The highest BCUT2D eigenvalue weighted by atomic mass is 35.5. The van der Waals surface area contributed by atoms with Gasteiger partial charge in [0.05, 0.1) is 10.7 Å². The molecule has 0 atom stereocenters. The second-order valence-corrected chi connectivity index (χ2v) is 7.58. The summed E-state index contributed by atoms with van der Waals surface area (Å²) in [5, 5.41) is 6.23.